The van der Waals surface area contributed by atoms with E-state index in [2.05, 4.69) is 11.8 Å². The van der Waals surface area contributed by atoms with Crippen LogP contribution in [0.1, 0.15) is 11.1 Å². The van der Waals surface area contributed by atoms with E-state index in [9.17, 15) is 18.0 Å². The van der Waals surface area contributed by atoms with Crippen molar-refractivity contribution in [1.29, 1.82) is 0 Å². The van der Waals surface area contributed by atoms with Crippen molar-refractivity contribution in [3.05, 3.63) is 82.3 Å². The van der Waals surface area contributed by atoms with Gasteiger partial charge in [-0.25, -0.2) is 0 Å². The number of hydrogen-bond donors (Lipinski definition) is 0. The molecule has 25 heavy (non-hydrogen) atoms. The Kier molecular flexibility index (Phi) is 4.62. The minimum Gasteiger partial charge on any atom is -0.306 e. The van der Waals surface area contributed by atoms with Crippen molar-refractivity contribution in [2.45, 2.75) is 19.1 Å². The molecule has 1 aromatic heterocycles. The molecule has 0 atom stereocenters. The molecule has 3 aromatic rings. The third kappa shape index (κ3) is 4.30. The summed E-state index contributed by atoms with van der Waals surface area (Å²) in [6, 6.07) is 16.2. The van der Waals surface area contributed by atoms with E-state index >= 15 is 0 Å². The molecule has 0 N–H and O–H groups in total. The van der Waals surface area contributed by atoms with Crippen molar-refractivity contribution in [1.82, 2.24) is 4.57 Å². The van der Waals surface area contributed by atoms with Crippen LogP contribution in [0, 0.1) is 11.8 Å². The van der Waals surface area contributed by atoms with Gasteiger partial charge in [0.2, 0.25) is 0 Å². The third-order valence-corrected chi connectivity index (χ3v) is 3.70. The first-order valence-corrected chi connectivity index (χ1v) is 7.65. The molecule has 0 aliphatic heterocycles. The minimum atomic E-state index is -4.44. The summed E-state index contributed by atoms with van der Waals surface area (Å²) in [5.74, 6) is 5.98. The number of benzene rings is 2. The molecule has 2 nitrogen and oxygen atoms in total. The SMILES string of the molecule is O=c1c2cc(C#CCc3ccccc3)ccc2ccn1CC(F)(F)F. The normalized spacial score (nSPS) is 11.2. The Bertz CT molecular complexity index is 1010. The number of alkyl halides is 3. The van der Waals surface area contributed by atoms with Crippen molar-refractivity contribution in [2.24, 2.45) is 0 Å². The Morgan fingerprint density at radius 2 is 1.76 bits per heavy atom. The molecular formula is C20H14F3NO. The van der Waals surface area contributed by atoms with E-state index in [1.165, 1.54) is 12.3 Å². The van der Waals surface area contributed by atoms with Gasteiger partial charge in [-0.2, -0.15) is 13.2 Å². The van der Waals surface area contributed by atoms with Crippen molar-refractivity contribution >= 4 is 10.8 Å². The second-order valence-corrected chi connectivity index (χ2v) is 5.63. The Balaban J connectivity index is 1.91. The number of hydrogen-bond acceptors (Lipinski definition) is 1. The van der Waals surface area contributed by atoms with Crippen LogP contribution in [0.25, 0.3) is 10.8 Å². The highest BCUT2D eigenvalue weighted by molar-refractivity contribution is 5.82. The zero-order valence-electron chi connectivity index (χ0n) is 13.2. The van der Waals surface area contributed by atoms with Crippen LogP contribution in [0.5, 0.6) is 0 Å². The average Bonchev–Trinajstić information content (AvgIpc) is 2.58. The average molecular weight is 341 g/mol. The summed E-state index contributed by atoms with van der Waals surface area (Å²) in [6.07, 6.45) is -2.71. The topological polar surface area (TPSA) is 22.0 Å². The summed E-state index contributed by atoms with van der Waals surface area (Å²) in [5, 5.41) is 0.829. The molecule has 0 unspecified atom stereocenters. The molecule has 0 aliphatic carbocycles. The fourth-order valence-corrected chi connectivity index (χ4v) is 2.52. The first-order chi connectivity index (χ1) is 11.9. The number of pyridine rings is 1. The molecule has 0 saturated carbocycles. The quantitative estimate of drug-likeness (QED) is 0.642. The van der Waals surface area contributed by atoms with E-state index in [1.54, 1.807) is 18.2 Å². The molecular weight excluding hydrogens is 327 g/mol. The summed E-state index contributed by atoms with van der Waals surface area (Å²) in [6.45, 7) is -1.30. The van der Waals surface area contributed by atoms with Crippen molar-refractivity contribution in [3.63, 3.8) is 0 Å². The summed E-state index contributed by atoms with van der Waals surface area (Å²) in [4.78, 5) is 12.3. The molecule has 1 heterocycles. The maximum Gasteiger partial charge on any atom is 0.406 e. The van der Waals surface area contributed by atoms with Crippen LogP contribution in [-0.2, 0) is 13.0 Å². The van der Waals surface area contributed by atoms with Gasteiger partial charge in [0, 0.05) is 23.6 Å². The van der Waals surface area contributed by atoms with Crippen molar-refractivity contribution in [3.8, 4) is 11.8 Å². The molecule has 0 spiro atoms. The molecule has 0 aliphatic rings. The Morgan fingerprint density at radius 1 is 1.00 bits per heavy atom. The largest absolute Gasteiger partial charge is 0.406 e. The van der Waals surface area contributed by atoms with Gasteiger partial charge in [-0.15, -0.1) is 0 Å². The summed E-state index contributed by atoms with van der Waals surface area (Å²) in [5.41, 5.74) is 1.01. The molecule has 0 amide bonds. The van der Waals surface area contributed by atoms with Crippen LogP contribution in [0.15, 0.2) is 65.6 Å². The van der Waals surface area contributed by atoms with Crippen LogP contribution in [0.4, 0.5) is 13.2 Å². The van der Waals surface area contributed by atoms with Gasteiger partial charge in [-0.1, -0.05) is 48.2 Å². The highest BCUT2D eigenvalue weighted by atomic mass is 19.4. The molecule has 0 fully saturated rings. The van der Waals surface area contributed by atoms with Crippen LogP contribution >= 0.6 is 0 Å². The van der Waals surface area contributed by atoms with Gasteiger partial charge < -0.3 is 4.57 Å². The zero-order valence-corrected chi connectivity index (χ0v) is 13.2. The highest BCUT2D eigenvalue weighted by Crippen LogP contribution is 2.18. The van der Waals surface area contributed by atoms with Crippen LogP contribution in [0.3, 0.4) is 0 Å². The van der Waals surface area contributed by atoms with Crippen LogP contribution in [0.2, 0.25) is 0 Å². The summed E-state index contributed by atoms with van der Waals surface area (Å²) >= 11 is 0. The van der Waals surface area contributed by atoms with Gasteiger partial charge in [-0.3, -0.25) is 4.79 Å². The van der Waals surface area contributed by atoms with Crippen molar-refractivity contribution in [2.75, 3.05) is 0 Å². The lowest BCUT2D eigenvalue weighted by atomic mass is 10.1. The molecule has 0 saturated heterocycles. The first kappa shape index (κ1) is 16.8. The summed E-state index contributed by atoms with van der Waals surface area (Å²) in [7, 11) is 0. The van der Waals surface area contributed by atoms with Gasteiger partial charge in [-0.05, 0) is 29.1 Å². The van der Waals surface area contributed by atoms with E-state index in [4.69, 9.17) is 0 Å². The number of fused-ring (bicyclic) bond motifs is 1. The van der Waals surface area contributed by atoms with Crippen molar-refractivity contribution < 1.29 is 13.2 Å². The fourth-order valence-electron chi connectivity index (χ4n) is 2.52. The second-order valence-electron chi connectivity index (χ2n) is 5.63. The maximum absolute atomic E-state index is 12.5. The van der Waals surface area contributed by atoms with E-state index in [0.29, 0.717) is 21.9 Å². The lowest BCUT2D eigenvalue weighted by Gasteiger charge is -2.10. The highest BCUT2D eigenvalue weighted by Gasteiger charge is 2.28. The Labute approximate surface area is 142 Å². The standard InChI is InChI=1S/C20H14F3NO/c21-20(22,23)14-24-12-11-17-10-9-16(13-18(17)19(24)25)8-4-7-15-5-2-1-3-6-15/h1-3,5-6,9-13H,7,14H2. The summed E-state index contributed by atoms with van der Waals surface area (Å²) < 4.78 is 38.3. The lowest BCUT2D eigenvalue weighted by Crippen LogP contribution is -2.27. The van der Waals surface area contributed by atoms with Gasteiger partial charge >= 0.3 is 6.18 Å². The van der Waals surface area contributed by atoms with Gasteiger partial charge in [0.25, 0.3) is 5.56 Å². The lowest BCUT2D eigenvalue weighted by molar-refractivity contribution is -0.141. The van der Waals surface area contributed by atoms with Crippen LogP contribution in [-0.4, -0.2) is 10.7 Å². The van der Waals surface area contributed by atoms with E-state index < -0.39 is 18.3 Å². The van der Waals surface area contributed by atoms with Gasteiger partial charge in [0.05, 0.1) is 0 Å². The fraction of sp³-hybridized carbons (Fsp3) is 0.150. The number of aromatic nitrogens is 1. The Morgan fingerprint density at radius 3 is 2.48 bits per heavy atom. The molecule has 5 heteroatoms. The van der Waals surface area contributed by atoms with Gasteiger partial charge in [0.1, 0.15) is 6.54 Å². The Hall–Kier alpha value is -3.00. The number of rotatable bonds is 2. The monoisotopic (exact) mass is 341 g/mol. The number of halogens is 3. The third-order valence-electron chi connectivity index (χ3n) is 3.70. The smallest absolute Gasteiger partial charge is 0.306 e. The molecule has 0 bridgehead atoms. The number of nitrogens with zero attached hydrogens (tertiary/aromatic N) is 1. The molecule has 3 rings (SSSR count). The predicted octanol–water partition coefficient (Wildman–Crippen LogP) is 4.16. The van der Waals surface area contributed by atoms with E-state index in [1.807, 2.05) is 30.3 Å². The van der Waals surface area contributed by atoms with Crippen LogP contribution < -0.4 is 5.56 Å². The van der Waals surface area contributed by atoms with E-state index in [0.717, 1.165) is 5.56 Å². The first-order valence-electron chi connectivity index (χ1n) is 7.65. The predicted molar refractivity (Wildman–Crippen MR) is 91.3 cm³/mol. The van der Waals surface area contributed by atoms with Gasteiger partial charge in [0.15, 0.2) is 0 Å². The molecule has 2 aromatic carbocycles. The minimum absolute atomic E-state index is 0.235. The molecule has 0 radical (unpaired) electrons. The maximum atomic E-state index is 12.5. The molecule has 126 valence electrons. The zero-order chi connectivity index (χ0) is 17.9. The van der Waals surface area contributed by atoms with E-state index in [-0.39, 0.29) is 5.39 Å². The second kappa shape index (κ2) is 6.86.